The van der Waals surface area contributed by atoms with E-state index in [2.05, 4.69) is 15.4 Å². The van der Waals surface area contributed by atoms with Gasteiger partial charge in [0.15, 0.2) is 5.82 Å². The Morgan fingerprint density at radius 3 is 3.00 bits per heavy atom. The average molecular weight is 207 g/mol. The second kappa shape index (κ2) is 4.22. The Balaban J connectivity index is 2.13. The van der Waals surface area contributed by atoms with Crippen molar-refractivity contribution >= 4 is 0 Å². The van der Waals surface area contributed by atoms with Crippen LogP contribution in [0.5, 0.6) is 0 Å². The molecule has 2 aromatic rings. The van der Waals surface area contributed by atoms with Gasteiger partial charge in [0.2, 0.25) is 0 Å². The molecule has 1 N–H and O–H groups in total. The topological polar surface area (TPSA) is 68.8 Å². The first-order valence-electron chi connectivity index (χ1n) is 4.81. The van der Waals surface area contributed by atoms with Gasteiger partial charge in [-0.3, -0.25) is 4.68 Å². The number of hydrogen-bond acceptors (Lipinski definition) is 4. The van der Waals surface area contributed by atoms with Crippen LogP contribution in [0, 0.1) is 0 Å². The van der Waals surface area contributed by atoms with Crippen LogP contribution >= 0.6 is 0 Å². The molecule has 80 valence electrons. The molecule has 2 rings (SSSR count). The number of aliphatic hydroxyl groups is 1. The maximum atomic E-state index is 8.68. The maximum Gasteiger partial charge on any atom is 0.176 e. The van der Waals surface area contributed by atoms with E-state index < -0.39 is 0 Å². The number of aromatic nitrogens is 5. The molecule has 0 bridgehead atoms. The van der Waals surface area contributed by atoms with Crippen LogP contribution in [0.25, 0.3) is 5.82 Å². The first kappa shape index (κ1) is 9.85. The van der Waals surface area contributed by atoms with Gasteiger partial charge in [-0.1, -0.05) is 5.21 Å². The Labute approximate surface area is 87.1 Å². The number of aryl methyl sites for hydroxylation is 2. The second-order valence-corrected chi connectivity index (χ2v) is 3.33. The summed E-state index contributed by atoms with van der Waals surface area (Å²) < 4.78 is 3.34. The molecule has 0 spiro atoms. The Hall–Kier alpha value is -1.69. The van der Waals surface area contributed by atoms with Crippen LogP contribution in [0.15, 0.2) is 18.5 Å². The van der Waals surface area contributed by atoms with Gasteiger partial charge in [0.1, 0.15) is 0 Å². The largest absolute Gasteiger partial charge is 0.396 e. The van der Waals surface area contributed by atoms with Gasteiger partial charge in [0, 0.05) is 25.9 Å². The third kappa shape index (κ3) is 2.21. The third-order valence-corrected chi connectivity index (χ3v) is 2.07. The lowest BCUT2D eigenvalue weighted by Gasteiger charge is -1.92. The first-order chi connectivity index (χ1) is 7.29. The predicted octanol–water partition coefficient (Wildman–Crippen LogP) is -0.0743. The van der Waals surface area contributed by atoms with E-state index in [9.17, 15) is 0 Å². The molecule has 0 aliphatic heterocycles. The van der Waals surface area contributed by atoms with Gasteiger partial charge >= 0.3 is 0 Å². The van der Waals surface area contributed by atoms with Crippen LogP contribution < -0.4 is 0 Å². The van der Waals surface area contributed by atoms with Gasteiger partial charge in [-0.05, 0) is 12.8 Å². The fourth-order valence-corrected chi connectivity index (χ4v) is 1.31. The number of nitrogens with zero attached hydrogens (tertiary/aromatic N) is 5. The van der Waals surface area contributed by atoms with E-state index in [1.165, 1.54) is 0 Å². The summed E-state index contributed by atoms with van der Waals surface area (Å²) >= 11 is 0. The number of rotatable bonds is 4. The minimum atomic E-state index is 0.177. The van der Waals surface area contributed by atoms with E-state index in [0.29, 0.717) is 6.42 Å². The van der Waals surface area contributed by atoms with Crippen LogP contribution in [0.1, 0.15) is 12.1 Å². The molecule has 0 saturated carbocycles. The lowest BCUT2D eigenvalue weighted by atomic mass is 10.3. The Morgan fingerprint density at radius 1 is 1.47 bits per heavy atom. The summed E-state index contributed by atoms with van der Waals surface area (Å²) in [4.78, 5) is 0. The molecule has 0 aromatic carbocycles. The van der Waals surface area contributed by atoms with Gasteiger partial charge in [-0.2, -0.15) is 5.10 Å². The molecule has 0 amide bonds. The molecule has 2 heterocycles. The van der Waals surface area contributed by atoms with E-state index in [-0.39, 0.29) is 6.61 Å². The lowest BCUT2D eigenvalue weighted by molar-refractivity contribution is 0.288. The molecule has 0 aliphatic carbocycles. The zero-order valence-corrected chi connectivity index (χ0v) is 8.54. The highest BCUT2D eigenvalue weighted by molar-refractivity contribution is 5.18. The second-order valence-electron chi connectivity index (χ2n) is 3.33. The predicted molar refractivity (Wildman–Crippen MR) is 53.5 cm³/mol. The smallest absolute Gasteiger partial charge is 0.176 e. The summed E-state index contributed by atoms with van der Waals surface area (Å²) in [6, 6.07) is 1.87. The van der Waals surface area contributed by atoms with E-state index in [1.807, 2.05) is 25.5 Å². The fraction of sp³-hybridized carbons (Fsp3) is 0.444. The van der Waals surface area contributed by atoms with Crippen molar-refractivity contribution in [3.8, 4) is 5.82 Å². The Kier molecular flexibility index (Phi) is 2.77. The van der Waals surface area contributed by atoms with Gasteiger partial charge < -0.3 is 5.11 Å². The lowest BCUT2D eigenvalue weighted by Crippen LogP contribution is -1.97. The van der Waals surface area contributed by atoms with Crippen molar-refractivity contribution in [2.24, 2.45) is 7.05 Å². The summed E-state index contributed by atoms with van der Waals surface area (Å²) in [5.74, 6) is 0.750. The van der Waals surface area contributed by atoms with Crippen LogP contribution in [-0.4, -0.2) is 36.5 Å². The molecular formula is C9H13N5O. The van der Waals surface area contributed by atoms with Crippen molar-refractivity contribution in [2.45, 2.75) is 12.8 Å². The summed E-state index contributed by atoms with van der Waals surface area (Å²) in [7, 11) is 1.85. The summed E-state index contributed by atoms with van der Waals surface area (Å²) in [5.41, 5.74) is 0.870. The minimum absolute atomic E-state index is 0.177. The van der Waals surface area contributed by atoms with Gasteiger partial charge in [0.25, 0.3) is 0 Å². The third-order valence-electron chi connectivity index (χ3n) is 2.07. The summed E-state index contributed by atoms with van der Waals surface area (Å²) in [6.07, 6.45) is 5.13. The molecule has 0 saturated heterocycles. The highest BCUT2D eigenvalue weighted by atomic mass is 16.2. The van der Waals surface area contributed by atoms with Gasteiger partial charge in [0.05, 0.1) is 11.9 Å². The van der Waals surface area contributed by atoms with E-state index in [1.54, 1.807) is 9.36 Å². The van der Waals surface area contributed by atoms with Crippen LogP contribution in [0.4, 0.5) is 0 Å². The zero-order valence-electron chi connectivity index (χ0n) is 8.54. The van der Waals surface area contributed by atoms with E-state index in [4.69, 9.17) is 5.11 Å². The van der Waals surface area contributed by atoms with Crippen LogP contribution in [0.2, 0.25) is 0 Å². The molecule has 0 radical (unpaired) electrons. The molecule has 0 aliphatic rings. The molecular weight excluding hydrogens is 194 g/mol. The Bertz CT molecular complexity index is 433. The summed E-state index contributed by atoms with van der Waals surface area (Å²) in [5, 5.41) is 20.8. The fourth-order valence-electron chi connectivity index (χ4n) is 1.31. The first-order valence-corrected chi connectivity index (χ1v) is 4.81. The quantitative estimate of drug-likeness (QED) is 0.761. The summed E-state index contributed by atoms with van der Waals surface area (Å²) in [6.45, 7) is 0.177. The van der Waals surface area contributed by atoms with E-state index in [0.717, 1.165) is 17.9 Å². The highest BCUT2D eigenvalue weighted by Gasteiger charge is 2.04. The highest BCUT2D eigenvalue weighted by Crippen LogP contribution is 2.04. The van der Waals surface area contributed by atoms with Gasteiger partial charge in [-0.25, -0.2) is 4.68 Å². The minimum Gasteiger partial charge on any atom is -0.396 e. The van der Waals surface area contributed by atoms with Crippen molar-refractivity contribution < 1.29 is 5.11 Å². The molecule has 6 nitrogen and oxygen atoms in total. The standard InChI is InChI=1S/C9H13N5O/c1-13-5-4-9(11-13)14-7-8(10-12-14)3-2-6-15/h4-5,7,15H,2-3,6H2,1H3. The maximum absolute atomic E-state index is 8.68. The van der Waals surface area contributed by atoms with Crippen LogP contribution in [-0.2, 0) is 13.5 Å². The van der Waals surface area contributed by atoms with Crippen molar-refractivity contribution in [2.75, 3.05) is 6.61 Å². The van der Waals surface area contributed by atoms with Crippen molar-refractivity contribution in [3.05, 3.63) is 24.2 Å². The Morgan fingerprint density at radius 2 is 2.33 bits per heavy atom. The van der Waals surface area contributed by atoms with Gasteiger partial charge in [-0.15, -0.1) is 5.10 Å². The molecule has 0 atom stereocenters. The molecule has 0 unspecified atom stereocenters. The van der Waals surface area contributed by atoms with Crippen molar-refractivity contribution in [1.82, 2.24) is 24.8 Å². The number of hydrogen-bond donors (Lipinski definition) is 1. The van der Waals surface area contributed by atoms with Crippen molar-refractivity contribution in [1.29, 1.82) is 0 Å². The monoisotopic (exact) mass is 207 g/mol. The normalized spacial score (nSPS) is 10.8. The zero-order chi connectivity index (χ0) is 10.7. The molecule has 15 heavy (non-hydrogen) atoms. The van der Waals surface area contributed by atoms with Crippen LogP contribution in [0.3, 0.4) is 0 Å². The SMILES string of the molecule is Cn1ccc(-n2cc(CCCO)nn2)n1. The molecule has 0 fully saturated rings. The number of aliphatic hydroxyl groups excluding tert-OH is 1. The van der Waals surface area contributed by atoms with Crippen molar-refractivity contribution in [3.63, 3.8) is 0 Å². The molecule has 6 heteroatoms. The molecule has 2 aromatic heterocycles. The van der Waals surface area contributed by atoms with E-state index >= 15 is 0 Å². The average Bonchev–Trinajstić information content (AvgIpc) is 2.83.